The fourth-order valence-electron chi connectivity index (χ4n) is 0. The molecule has 0 radical (unpaired) electrons. The molecular formula is H5Br3Mg. The van der Waals surface area contributed by atoms with Crippen LogP contribution in [0.3, 0.4) is 0 Å². The molecule has 0 amide bonds. The van der Waals surface area contributed by atoms with Crippen LogP contribution >= 0.6 is 50.9 Å². The Morgan fingerprint density at radius 1 is 0.750 bits per heavy atom. The van der Waals surface area contributed by atoms with E-state index < -0.39 is 0 Å². The van der Waals surface area contributed by atoms with Crippen LogP contribution in [-0.2, 0) is 0 Å². The maximum absolute atomic E-state index is 0. The Kier molecular flexibility index (Phi) is 164. The molecule has 0 nitrogen and oxygen atoms in total. The van der Waals surface area contributed by atoms with Gasteiger partial charge < -0.3 is 2.85 Å². The van der Waals surface area contributed by atoms with Gasteiger partial charge in [0.05, 0.1) is 0 Å². The van der Waals surface area contributed by atoms with Gasteiger partial charge in [-0.25, -0.2) is 0 Å². The molecule has 4 heteroatoms. The average Bonchev–Trinajstić information content (AvgIpc) is 0. The summed E-state index contributed by atoms with van der Waals surface area (Å²) in [5.41, 5.74) is 0. The van der Waals surface area contributed by atoms with E-state index in [1.165, 1.54) is 0 Å². The van der Waals surface area contributed by atoms with Crippen molar-refractivity contribution in [2.75, 3.05) is 0 Å². The number of hydrogen-bond acceptors (Lipinski definition) is 0. The SMILES string of the molecule is Br.Br.Br.[H-].[H-].[Mg+2]. The second kappa shape index (κ2) is 18.9. The molecule has 0 aromatic heterocycles. The van der Waals surface area contributed by atoms with Gasteiger partial charge in [0.25, 0.3) is 0 Å². The van der Waals surface area contributed by atoms with Crippen LogP contribution in [0.2, 0.25) is 0 Å². The minimum Gasteiger partial charge on any atom is -1.00 e. The van der Waals surface area contributed by atoms with Crippen molar-refractivity contribution < 1.29 is 2.85 Å². The van der Waals surface area contributed by atoms with E-state index in [0.717, 1.165) is 0 Å². The van der Waals surface area contributed by atoms with Crippen LogP contribution in [0.1, 0.15) is 2.85 Å². The van der Waals surface area contributed by atoms with Gasteiger partial charge in [-0.15, -0.1) is 50.9 Å². The largest absolute Gasteiger partial charge is 2.00 e. The van der Waals surface area contributed by atoms with Crippen LogP contribution in [0.25, 0.3) is 0 Å². The summed E-state index contributed by atoms with van der Waals surface area (Å²) in [5.74, 6) is 0. The number of halogens is 3. The molecule has 0 saturated heterocycles. The predicted octanol–water partition coefficient (Wildman–Crippen LogP) is 1.58. The first-order valence-corrected chi connectivity index (χ1v) is 0. The minimum absolute atomic E-state index is 0. The van der Waals surface area contributed by atoms with Crippen molar-refractivity contribution in [1.82, 2.24) is 0 Å². The van der Waals surface area contributed by atoms with E-state index in [9.17, 15) is 0 Å². The third-order valence-corrected chi connectivity index (χ3v) is 0. The molecule has 0 aliphatic carbocycles. The van der Waals surface area contributed by atoms with Gasteiger partial charge in [0, 0.05) is 0 Å². The van der Waals surface area contributed by atoms with Crippen LogP contribution < -0.4 is 0 Å². The van der Waals surface area contributed by atoms with Gasteiger partial charge in [-0.3, -0.25) is 0 Å². The van der Waals surface area contributed by atoms with Crippen LogP contribution in [0.15, 0.2) is 0 Å². The first-order chi connectivity index (χ1) is 0. The summed E-state index contributed by atoms with van der Waals surface area (Å²) in [4.78, 5) is 0. The van der Waals surface area contributed by atoms with Gasteiger partial charge in [0.15, 0.2) is 0 Å². The quantitative estimate of drug-likeness (QED) is 0.586. The van der Waals surface area contributed by atoms with Gasteiger partial charge in [-0.2, -0.15) is 0 Å². The molecule has 0 fully saturated rings. The first kappa shape index (κ1) is 34.6. The Bertz CT molecular complexity index is 8.75. The van der Waals surface area contributed by atoms with Crippen LogP contribution in [0.4, 0.5) is 0 Å². The molecule has 4 heavy (non-hydrogen) atoms. The summed E-state index contributed by atoms with van der Waals surface area (Å²) in [7, 11) is 0. The fraction of sp³-hybridized carbons (Fsp3) is 0. The van der Waals surface area contributed by atoms with Gasteiger partial charge in [0.2, 0.25) is 0 Å². The normalized spacial score (nSPS) is 0. The molecule has 0 aromatic rings. The molecule has 0 spiro atoms. The third-order valence-electron chi connectivity index (χ3n) is 0. The number of hydrogen-bond donors (Lipinski definition) is 0. The Morgan fingerprint density at radius 3 is 0.750 bits per heavy atom. The standard InChI is InChI=1S/3BrH.Mg.2H/h3*1H;;;/q;;;+2;2*-1. The molecule has 0 atom stereocenters. The molecule has 0 unspecified atom stereocenters. The summed E-state index contributed by atoms with van der Waals surface area (Å²) >= 11 is 0. The second-order valence-corrected chi connectivity index (χ2v) is 0. The molecule has 0 aromatic carbocycles. The molecule has 0 aliphatic rings. The van der Waals surface area contributed by atoms with Gasteiger partial charge in [0.1, 0.15) is 0 Å². The zero-order valence-electron chi connectivity index (χ0n) is 3.93. The van der Waals surface area contributed by atoms with Crippen LogP contribution in [0.5, 0.6) is 0 Å². The zero-order chi connectivity index (χ0) is 0. The fourth-order valence-corrected chi connectivity index (χ4v) is 0. The summed E-state index contributed by atoms with van der Waals surface area (Å²) in [5, 5.41) is 0. The van der Waals surface area contributed by atoms with Crippen molar-refractivity contribution in [1.29, 1.82) is 0 Å². The molecule has 0 N–H and O–H groups in total. The average molecular weight is 269 g/mol. The van der Waals surface area contributed by atoms with E-state index in [0.29, 0.717) is 0 Å². The first-order valence-electron chi connectivity index (χ1n) is 0. The molecular weight excluding hydrogens is 264 g/mol. The van der Waals surface area contributed by atoms with Gasteiger partial charge in [-0.05, 0) is 0 Å². The molecule has 0 aliphatic heterocycles. The number of rotatable bonds is 0. The van der Waals surface area contributed by atoms with E-state index in [1.807, 2.05) is 0 Å². The van der Waals surface area contributed by atoms with E-state index in [1.54, 1.807) is 0 Å². The van der Waals surface area contributed by atoms with Crippen LogP contribution in [0, 0.1) is 0 Å². The zero-order valence-corrected chi connectivity index (χ0v) is 8.49. The Balaban J connectivity index is 0. The Hall–Kier alpha value is 2.21. The maximum atomic E-state index is 0. The molecule has 0 rings (SSSR count). The topological polar surface area (TPSA) is 0 Å². The van der Waals surface area contributed by atoms with E-state index in [-0.39, 0.29) is 76.9 Å². The summed E-state index contributed by atoms with van der Waals surface area (Å²) < 4.78 is 0. The minimum atomic E-state index is 0. The van der Waals surface area contributed by atoms with Crippen LogP contribution in [-0.4, -0.2) is 23.1 Å². The summed E-state index contributed by atoms with van der Waals surface area (Å²) in [6.45, 7) is 0. The summed E-state index contributed by atoms with van der Waals surface area (Å²) in [6, 6.07) is 0. The molecule has 28 valence electrons. The van der Waals surface area contributed by atoms with Crippen molar-refractivity contribution in [3.8, 4) is 0 Å². The Labute approximate surface area is 76.1 Å². The third kappa shape index (κ3) is 8.88. The summed E-state index contributed by atoms with van der Waals surface area (Å²) in [6.07, 6.45) is 0. The van der Waals surface area contributed by atoms with Crippen molar-refractivity contribution in [3.05, 3.63) is 0 Å². The predicted molar refractivity (Wildman–Crippen MR) is 38.9 cm³/mol. The molecule has 0 bridgehead atoms. The monoisotopic (exact) mass is 266 g/mol. The second-order valence-electron chi connectivity index (χ2n) is 0. The van der Waals surface area contributed by atoms with Crippen molar-refractivity contribution >= 4 is 74.0 Å². The van der Waals surface area contributed by atoms with Gasteiger partial charge >= 0.3 is 23.1 Å². The van der Waals surface area contributed by atoms with Gasteiger partial charge in [-0.1, -0.05) is 0 Å². The maximum Gasteiger partial charge on any atom is 2.00 e. The van der Waals surface area contributed by atoms with E-state index in [2.05, 4.69) is 0 Å². The molecule has 0 heterocycles. The smallest absolute Gasteiger partial charge is 1.00 e. The van der Waals surface area contributed by atoms with Crippen molar-refractivity contribution in [2.24, 2.45) is 0 Å². The van der Waals surface area contributed by atoms with Crippen molar-refractivity contribution in [3.63, 3.8) is 0 Å². The molecule has 0 saturated carbocycles. The Morgan fingerprint density at radius 2 is 0.750 bits per heavy atom. The van der Waals surface area contributed by atoms with Crippen molar-refractivity contribution in [2.45, 2.75) is 0 Å². The van der Waals surface area contributed by atoms with E-state index in [4.69, 9.17) is 0 Å². The van der Waals surface area contributed by atoms with E-state index >= 15 is 0 Å².